The molecule has 0 unspecified atom stereocenters. The third-order valence-electron chi connectivity index (χ3n) is 7.44. The van der Waals surface area contributed by atoms with E-state index >= 15 is 0 Å². The molecular formula is C28H31ClN8O3. The molecular weight excluding hydrogens is 532 g/mol. The fraction of sp³-hybridized carbons (Fsp3) is 0.357. The molecule has 2 aliphatic heterocycles. The second kappa shape index (κ2) is 11.3. The van der Waals surface area contributed by atoms with E-state index in [0.717, 1.165) is 66.0 Å². The van der Waals surface area contributed by atoms with Crippen LogP contribution in [0.25, 0.3) is 11.2 Å². The Bertz CT molecular complexity index is 1640. The Morgan fingerprint density at radius 1 is 1.07 bits per heavy atom. The predicted octanol–water partition coefficient (Wildman–Crippen LogP) is 1.63. The predicted molar refractivity (Wildman–Crippen MR) is 154 cm³/mol. The van der Waals surface area contributed by atoms with Gasteiger partial charge in [-0.2, -0.15) is 4.99 Å². The molecule has 11 nitrogen and oxygen atoms in total. The van der Waals surface area contributed by atoms with Crippen LogP contribution in [0.5, 0.6) is 0 Å². The number of β-amino-alcohol motifs (C(OH)–C–C–N with tert-alkyl or cyclic N) is 1. The van der Waals surface area contributed by atoms with Gasteiger partial charge in [-0.15, -0.1) is 10.2 Å². The van der Waals surface area contributed by atoms with E-state index in [9.17, 15) is 0 Å². The Morgan fingerprint density at radius 2 is 1.88 bits per heavy atom. The van der Waals surface area contributed by atoms with Gasteiger partial charge < -0.3 is 24.8 Å². The summed E-state index contributed by atoms with van der Waals surface area (Å²) in [5, 5.41) is 22.4. The Balaban J connectivity index is 1.27. The van der Waals surface area contributed by atoms with Gasteiger partial charge in [0.1, 0.15) is 23.3 Å². The summed E-state index contributed by atoms with van der Waals surface area (Å²) >= 11 is 6.73. The number of nitrogens with one attached hydrogen (secondary N) is 1. The van der Waals surface area contributed by atoms with Crippen molar-refractivity contribution in [3.05, 3.63) is 75.6 Å². The zero-order chi connectivity index (χ0) is 27.6. The highest BCUT2D eigenvalue weighted by Gasteiger charge is 2.22. The van der Waals surface area contributed by atoms with Crippen molar-refractivity contribution in [3.63, 3.8) is 0 Å². The summed E-state index contributed by atoms with van der Waals surface area (Å²) in [6, 6.07) is 10.3. The van der Waals surface area contributed by atoms with Crippen molar-refractivity contribution in [1.82, 2.24) is 19.5 Å². The zero-order valence-electron chi connectivity index (χ0n) is 22.5. The third-order valence-corrected chi connectivity index (χ3v) is 7.86. The van der Waals surface area contributed by atoms with Crippen LogP contribution in [0.15, 0.2) is 69.3 Å². The van der Waals surface area contributed by atoms with Crippen LogP contribution in [0.2, 0.25) is 0 Å². The number of benzene rings is 1. The number of anilines is 2. The molecule has 12 heteroatoms. The molecule has 4 heterocycles. The lowest BCUT2D eigenvalue weighted by molar-refractivity contribution is 0.189. The molecule has 0 atom stereocenters. The Morgan fingerprint density at radius 3 is 2.60 bits per heavy atom. The monoisotopic (exact) mass is 562 g/mol. The van der Waals surface area contributed by atoms with Crippen molar-refractivity contribution >= 4 is 40.2 Å². The topological polar surface area (TPSA) is 112 Å². The van der Waals surface area contributed by atoms with Crippen LogP contribution in [0.1, 0.15) is 12.0 Å². The van der Waals surface area contributed by atoms with Gasteiger partial charge in [0.15, 0.2) is 5.65 Å². The standard InChI is InChI=1S/C28H31ClN8O3/c1-39-21-14-22(25(29)24(15-21)40-2)23-13-18-16-30-28(33-26(18)37-17-31-34-27(23)37)32-19-3-5-20(6-4-19)36-9-7-35(8-10-36)11-12-38/h3-6,13,15,17,38H,7-12,14,16H2,1-2H3,(H,30,32). The number of halogens is 1. The summed E-state index contributed by atoms with van der Waals surface area (Å²) < 4.78 is 12.9. The van der Waals surface area contributed by atoms with Gasteiger partial charge in [0, 0.05) is 67.4 Å². The Labute approximate surface area is 236 Å². The summed E-state index contributed by atoms with van der Waals surface area (Å²) in [4.78, 5) is 14.2. The lowest BCUT2D eigenvalue weighted by Gasteiger charge is -2.35. The number of ether oxygens (including phenoxy) is 2. The van der Waals surface area contributed by atoms with E-state index in [2.05, 4.69) is 37.4 Å². The summed E-state index contributed by atoms with van der Waals surface area (Å²) in [6.45, 7) is 5.17. The number of methoxy groups -OCH3 is 2. The van der Waals surface area contributed by atoms with Gasteiger partial charge in [-0.05, 0) is 35.9 Å². The van der Waals surface area contributed by atoms with E-state index in [1.807, 2.05) is 22.6 Å². The molecule has 40 heavy (non-hydrogen) atoms. The lowest BCUT2D eigenvalue weighted by atomic mass is 10.0. The molecule has 2 N–H and O–H groups in total. The van der Waals surface area contributed by atoms with Gasteiger partial charge in [0.05, 0.1) is 32.4 Å². The second-order valence-corrected chi connectivity index (χ2v) is 10.1. The summed E-state index contributed by atoms with van der Waals surface area (Å²) in [7, 11) is 3.21. The maximum Gasteiger partial charge on any atom is 0.224 e. The maximum atomic E-state index is 9.17. The number of pyridine rings is 1. The van der Waals surface area contributed by atoms with E-state index in [1.54, 1.807) is 26.6 Å². The van der Waals surface area contributed by atoms with Gasteiger partial charge in [-0.3, -0.25) is 9.30 Å². The first-order chi connectivity index (χ1) is 19.6. The number of aliphatic imine (C=N–C) groups is 1. The second-order valence-electron chi connectivity index (χ2n) is 9.76. The number of hydrogen-bond acceptors (Lipinski definition) is 10. The molecule has 3 aromatic rings. The molecule has 0 saturated carbocycles. The summed E-state index contributed by atoms with van der Waals surface area (Å²) in [5.74, 6) is 1.81. The summed E-state index contributed by atoms with van der Waals surface area (Å²) in [5.41, 5.74) is 5.25. The minimum atomic E-state index is 0.205. The summed E-state index contributed by atoms with van der Waals surface area (Å²) in [6.07, 6.45) is 3.96. The van der Waals surface area contributed by atoms with Crippen LogP contribution in [0.4, 0.5) is 11.4 Å². The molecule has 208 valence electrons. The largest absolute Gasteiger partial charge is 0.501 e. The molecule has 3 aliphatic rings. The third kappa shape index (κ3) is 5.03. The van der Waals surface area contributed by atoms with E-state index in [0.29, 0.717) is 35.4 Å². The van der Waals surface area contributed by atoms with E-state index in [1.165, 1.54) is 5.69 Å². The molecule has 1 aliphatic carbocycles. The number of piperazine rings is 1. The smallest absolute Gasteiger partial charge is 0.224 e. The highest BCUT2D eigenvalue weighted by Crippen LogP contribution is 2.33. The first-order valence-electron chi connectivity index (χ1n) is 13.2. The van der Waals surface area contributed by atoms with E-state index < -0.39 is 0 Å². The molecule has 0 spiro atoms. The highest BCUT2D eigenvalue weighted by atomic mass is 35.5. The maximum absolute atomic E-state index is 9.17. The Hall–Kier alpha value is -3.93. The molecule has 1 aromatic carbocycles. The normalized spacial score (nSPS) is 19.1. The average molecular weight is 563 g/mol. The average Bonchev–Trinajstić information content (AvgIpc) is 3.49. The van der Waals surface area contributed by atoms with Crippen LogP contribution in [-0.4, -0.2) is 84.1 Å². The lowest BCUT2D eigenvalue weighted by Crippen LogP contribution is -2.47. The first-order valence-corrected chi connectivity index (χ1v) is 13.6. The number of guanidine groups is 1. The van der Waals surface area contributed by atoms with Gasteiger partial charge in [0.2, 0.25) is 5.96 Å². The SMILES string of the molecule is COC1=CC(OC)=C(Cl)C(=c2cc3c(n4cnnc24)=NC(Nc2ccc(N4CCN(CCO)CC4)cc2)=NC3)C1. The van der Waals surface area contributed by atoms with Gasteiger partial charge in [-0.25, -0.2) is 4.99 Å². The minimum Gasteiger partial charge on any atom is -0.501 e. The van der Waals surface area contributed by atoms with Crippen molar-refractivity contribution in [3.8, 4) is 0 Å². The number of hydrogen-bond donors (Lipinski definition) is 2. The van der Waals surface area contributed by atoms with Crippen molar-refractivity contribution < 1.29 is 14.6 Å². The fourth-order valence-corrected chi connectivity index (χ4v) is 5.57. The van der Waals surface area contributed by atoms with Crippen LogP contribution in [-0.2, 0) is 16.0 Å². The van der Waals surface area contributed by atoms with Gasteiger partial charge in [0.25, 0.3) is 0 Å². The minimum absolute atomic E-state index is 0.205. The van der Waals surface area contributed by atoms with Gasteiger partial charge in [-0.1, -0.05) is 11.6 Å². The Kier molecular flexibility index (Phi) is 7.42. The number of aromatic nitrogens is 3. The van der Waals surface area contributed by atoms with Crippen molar-refractivity contribution in [2.45, 2.75) is 13.0 Å². The number of aliphatic hydroxyl groups is 1. The van der Waals surface area contributed by atoms with Crippen molar-refractivity contribution in [2.24, 2.45) is 9.98 Å². The zero-order valence-corrected chi connectivity index (χ0v) is 23.2. The fourth-order valence-electron chi connectivity index (χ4n) is 5.27. The molecule has 0 bridgehead atoms. The molecule has 2 aromatic heterocycles. The van der Waals surface area contributed by atoms with Gasteiger partial charge >= 0.3 is 0 Å². The van der Waals surface area contributed by atoms with Crippen LogP contribution in [0, 0.1) is 0 Å². The molecule has 0 amide bonds. The number of nitrogens with zero attached hydrogens (tertiary/aromatic N) is 7. The molecule has 1 fully saturated rings. The van der Waals surface area contributed by atoms with Crippen LogP contribution >= 0.6 is 11.6 Å². The molecule has 1 saturated heterocycles. The van der Waals surface area contributed by atoms with Crippen LogP contribution < -0.4 is 20.9 Å². The van der Waals surface area contributed by atoms with Crippen molar-refractivity contribution in [1.29, 1.82) is 0 Å². The number of allylic oxidation sites excluding steroid dienone is 3. The molecule has 0 radical (unpaired) electrons. The number of rotatable bonds is 6. The highest BCUT2D eigenvalue weighted by molar-refractivity contribution is 6.36. The van der Waals surface area contributed by atoms with E-state index in [4.69, 9.17) is 36.2 Å². The van der Waals surface area contributed by atoms with E-state index in [-0.39, 0.29) is 6.61 Å². The first kappa shape index (κ1) is 26.3. The number of aliphatic hydroxyl groups excluding tert-OH is 1. The number of fused-ring (bicyclic) bond motifs is 3. The van der Waals surface area contributed by atoms with Crippen molar-refractivity contribution in [2.75, 3.05) is 63.8 Å². The molecule has 6 rings (SSSR count). The van der Waals surface area contributed by atoms with Crippen LogP contribution in [0.3, 0.4) is 0 Å². The quantitative estimate of drug-likeness (QED) is 0.466.